The average molecular weight is 302 g/mol. The van der Waals surface area contributed by atoms with Crippen molar-refractivity contribution in [1.82, 2.24) is 9.38 Å². The first-order chi connectivity index (χ1) is 10.1. The number of pyridine rings is 1. The van der Waals surface area contributed by atoms with Gasteiger partial charge in [-0.2, -0.15) is 0 Å². The zero-order valence-corrected chi connectivity index (χ0v) is 11.3. The van der Waals surface area contributed by atoms with Crippen LogP contribution in [0, 0.1) is 10.1 Å². The summed E-state index contributed by atoms with van der Waals surface area (Å²) in [5, 5.41) is 11.1. The first-order valence-corrected chi connectivity index (χ1v) is 6.35. The molecule has 0 fully saturated rings. The predicted molar refractivity (Wildman–Crippen MR) is 77.7 cm³/mol. The normalized spacial score (nSPS) is 10.7. The zero-order chi connectivity index (χ0) is 15.0. The van der Waals surface area contributed by atoms with Gasteiger partial charge in [-0.1, -0.05) is 11.6 Å². The van der Waals surface area contributed by atoms with Gasteiger partial charge >= 0.3 is 0 Å². The van der Waals surface area contributed by atoms with Crippen molar-refractivity contribution in [3.05, 3.63) is 63.4 Å². The molecule has 0 unspecified atom stereocenters. The molecule has 7 heteroatoms. The summed E-state index contributed by atoms with van der Waals surface area (Å²) in [7, 11) is 0. The van der Waals surface area contributed by atoms with Gasteiger partial charge in [0.2, 0.25) is 0 Å². The Labute approximate surface area is 123 Å². The maximum absolute atomic E-state index is 11.4. The maximum atomic E-state index is 11.4. The van der Waals surface area contributed by atoms with Crippen molar-refractivity contribution >= 4 is 29.2 Å². The summed E-state index contributed by atoms with van der Waals surface area (Å²) >= 11 is 5.92. The van der Waals surface area contributed by atoms with E-state index in [2.05, 4.69) is 4.98 Å². The quantitative estimate of drug-likeness (QED) is 0.422. The Kier molecular flexibility index (Phi) is 3.15. The fourth-order valence-electron chi connectivity index (χ4n) is 2.10. The molecule has 2 heterocycles. The van der Waals surface area contributed by atoms with E-state index in [-0.39, 0.29) is 5.69 Å². The number of aldehydes is 1. The Morgan fingerprint density at radius 3 is 2.52 bits per heavy atom. The van der Waals surface area contributed by atoms with Gasteiger partial charge in [-0.05, 0) is 24.3 Å². The smallest absolute Gasteiger partial charge is 0.269 e. The summed E-state index contributed by atoms with van der Waals surface area (Å²) in [5.41, 5.74) is 2.00. The lowest BCUT2D eigenvalue weighted by atomic mass is 10.1. The van der Waals surface area contributed by atoms with Crippen molar-refractivity contribution in [3.63, 3.8) is 0 Å². The Bertz CT molecular complexity index is 856. The van der Waals surface area contributed by atoms with E-state index in [1.807, 2.05) is 0 Å². The summed E-state index contributed by atoms with van der Waals surface area (Å²) in [6, 6.07) is 9.26. The van der Waals surface area contributed by atoms with Crippen LogP contribution in [0.2, 0.25) is 5.02 Å². The van der Waals surface area contributed by atoms with Crippen LogP contribution in [0.15, 0.2) is 42.6 Å². The van der Waals surface area contributed by atoms with Crippen LogP contribution < -0.4 is 0 Å². The van der Waals surface area contributed by atoms with E-state index in [1.165, 1.54) is 12.1 Å². The molecule has 21 heavy (non-hydrogen) atoms. The number of nitrogens with zero attached hydrogens (tertiary/aromatic N) is 3. The van der Waals surface area contributed by atoms with Crippen molar-refractivity contribution in [2.75, 3.05) is 0 Å². The lowest BCUT2D eigenvalue weighted by Gasteiger charge is -1.99. The topological polar surface area (TPSA) is 77.5 Å². The molecular weight excluding hydrogens is 294 g/mol. The molecule has 0 saturated heterocycles. The van der Waals surface area contributed by atoms with Gasteiger partial charge < -0.3 is 0 Å². The highest BCUT2D eigenvalue weighted by molar-refractivity contribution is 6.30. The van der Waals surface area contributed by atoms with Gasteiger partial charge in [0.25, 0.3) is 5.69 Å². The van der Waals surface area contributed by atoms with E-state index >= 15 is 0 Å². The molecular formula is C14H8ClN3O3. The van der Waals surface area contributed by atoms with E-state index in [4.69, 9.17) is 11.6 Å². The Morgan fingerprint density at radius 1 is 1.19 bits per heavy atom. The molecule has 0 N–H and O–H groups in total. The number of carbonyl (C=O) groups is 1. The van der Waals surface area contributed by atoms with Crippen LogP contribution in [0.25, 0.3) is 16.9 Å². The number of imidazole rings is 1. The van der Waals surface area contributed by atoms with Gasteiger partial charge in [-0.15, -0.1) is 0 Å². The number of aromatic nitrogens is 2. The monoisotopic (exact) mass is 301 g/mol. The molecule has 1 aromatic carbocycles. The fraction of sp³-hybridized carbons (Fsp3) is 0. The Balaban J connectivity index is 2.19. The van der Waals surface area contributed by atoms with Crippen LogP contribution in [-0.2, 0) is 0 Å². The second kappa shape index (κ2) is 4.99. The summed E-state index contributed by atoms with van der Waals surface area (Å²) < 4.78 is 1.59. The van der Waals surface area contributed by atoms with Gasteiger partial charge in [-0.25, -0.2) is 4.98 Å². The second-order valence-corrected chi connectivity index (χ2v) is 4.78. The second-order valence-electron chi connectivity index (χ2n) is 4.34. The molecule has 0 aliphatic rings. The largest absolute Gasteiger partial charge is 0.296 e. The minimum atomic E-state index is -0.478. The van der Waals surface area contributed by atoms with Gasteiger partial charge in [0.05, 0.1) is 9.95 Å². The van der Waals surface area contributed by atoms with E-state index in [9.17, 15) is 14.9 Å². The number of carbonyl (C=O) groups excluding carboxylic acids is 1. The first-order valence-electron chi connectivity index (χ1n) is 5.98. The lowest BCUT2D eigenvalue weighted by molar-refractivity contribution is -0.384. The number of halogens is 1. The number of rotatable bonds is 3. The molecule has 0 aliphatic carbocycles. The summed E-state index contributed by atoms with van der Waals surface area (Å²) in [4.78, 5) is 25.9. The summed E-state index contributed by atoms with van der Waals surface area (Å²) in [6.07, 6.45) is 2.29. The van der Waals surface area contributed by atoms with Crippen molar-refractivity contribution in [1.29, 1.82) is 0 Å². The standard InChI is InChI=1S/C14H8ClN3O3/c15-10-3-6-13-16-14(12(8-19)17(13)7-10)9-1-4-11(5-2-9)18(20)21/h1-8H. The zero-order valence-electron chi connectivity index (χ0n) is 10.6. The molecule has 3 aromatic rings. The minimum absolute atomic E-state index is 0.0155. The number of fused-ring (bicyclic) bond motifs is 1. The number of nitro benzene ring substituents is 1. The summed E-state index contributed by atoms with van der Waals surface area (Å²) in [6.45, 7) is 0. The van der Waals surface area contributed by atoms with Gasteiger partial charge in [0.1, 0.15) is 17.0 Å². The Hall–Kier alpha value is -2.73. The molecule has 2 aromatic heterocycles. The van der Waals surface area contributed by atoms with E-state index in [0.29, 0.717) is 33.9 Å². The lowest BCUT2D eigenvalue weighted by Crippen LogP contribution is -1.92. The van der Waals surface area contributed by atoms with Crippen LogP contribution >= 0.6 is 11.6 Å². The average Bonchev–Trinajstić information content (AvgIpc) is 2.85. The third kappa shape index (κ3) is 2.25. The predicted octanol–water partition coefficient (Wildman–Crippen LogP) is 3.38. The van der Waals surface area contributed by atoms with Gasteiger partial charge in [-0.3, -0.25) is 19.3 Å². The third-order valence-corrected chi connectivity index (χ3v) is 3.31. The van der Waals surface area contributed by atoms with E-state index in [0.717, 1.165) is 0 Å². The maximum Gasteiger partial charge on any atom is 0.269 e. The van der Waals surface area contributed by atoms with E-state index < -0.39 is 4.92 Å². The summed E-state index contributed by atoms with van der Waals surface area (Å²) in [5.74, 6) is 0. The van der Waals surface area contributed by atoms with Crippen LogP contribution in [0.1, 0.15) is 10.5 Å². The molecule has 0 atom stereocenters. The number of non-ortho nitro benzene ring substituents is 1. The molecule has 104 valence electrons. The molecule has 3 rings (SSSR count). The minimum Gasteiger partial charge on any atom is -0.296 e. The molecule has 6 nitrogen and oxygen atoms in total. The molecule has 0 aliphatic heterocycles. The van der Waals surface area contributed by atoms with Crippen molar-refractivity contribution < 1.29 is 9.72 Å². The van der Waals surface area contributed by atoms with Gasteiger partial charge in [0, 0.05) is 23.9 Å². The van der Waals surface area contributed by atoms with Crippen LogP contribution in [-0.4, -0.2) is 20.6 Å². The number of nitro groups is 1. The molecule has 0 radical (unpaired) electrons. The van der Waals surface area contributed by atoms with Crippen molar-refractivity contribution in [3.8, 4) is 11.3 Å². The van der Waals surface area contributed by atoms with Crippen LogP contribution in [0.3, 0.4) is 0 Å². The third-order valence-electron chi connectivity index (χ3n) is 3.08. The van der Waals surface area contributed by atoms with Crippen molar-refractivity contribution in [2.24, 2.45) is 0 Å². The number of benzene rings is 1. The molecule has 0 saturated carbocycles. The van der Waals surface area contributed by atoms with E-state index in [1.54, 1.807) is 34.9 Å². The SMILES string of the molecule is O=Cc1c(-c2ccc([N+](=O)[O-])cc2)nc2ccc(Cl)cn12. The Morgan fingerprint density at radius 2 is 1.90 bits per heavy atom. The van der Waals surface area contributed by atoms with Gasteiger partial charge in [0.15, 0.2) is 6.29 Å². The fourth-order valence-corrected chi connectivity index (χ4v) is 2.26. The molecule has 0 bridgehead atoms. The molecule has 0 amide bonds. The van der Waals surface area contributed by atoms with Crippen molar-refractivity contribution in [2.45, 2.75) is 0 Å². The van der Waals surface area contributed by atoms with Crippen LogP contribution in [0.5, 0.6) is 0 Å². The molecule has 0 spiro atoms. The van der Waals surface area contributed by atoms with Crippen LogP contribution in [0.4, 0.5) is 5.69 Å². The highest BCUT2D eigenvalue weighted by atomic mass is 35.5. The highest BCUT2D eigenvalue weighted by Crippen LogP contribution is 2.26. The number of hydrogen-bond donors (Lipinski definition) is 0. The first kappa shape index (κ1) is 13.3. The number of hydrogen-bond acceptors (Lipinski definition) is 4. The highest BCUT2D eigenvalue weighted by Gasteiger charge is 2.14.